The van der Waals surface area contributed by atoms with Gasteiger partial charge in [-0.05, 0) is 26.0 Å². The first-order valence-electron chi connectivity index (χ1n) is 8.29. The van der Waals surface area contributed by atoms with E-state index in [9.17, 15) is 10.1 Å². The molecule has 3 aromatic rings. The number of aryl methyl sites for hydroxylation is 2. The van der Waals surface area contributed by atoms with Crippen LogP contribution < -0.4 is 5.73 Å². The minimum Gasteiger partial charge on any atom is -0.481 e. The quantitative estimate of drug-likeness (QED) is 0.713. The summed E-state index contributed by atoms with van der Waals surface area (Å²) in [5.74, 6) is -0.755. The fraction of sp³-hybridized carbons (Fsp3) is 0.211. The fourth-order valence-electron chi connectivity index (χ4n) is 3.05. The zero-order valence-corrected chi connectivity index (χ0v) is 15.0. The summed E-state index contributed by atoms with van der Waals surface area (Å²) in [7, 11) is 0. The summed E-state index contributed by atoms with van der Waals surface area (Å²) < 4.78 is 1.65. The summed E-state index contributed by atoms with van der Waals surface area (Å²) in [6.45, 7) is 3.96. The monoisotopic (exact) mass is 362 g/mol. The van der Waals surface area contributed by atoms with Crippen LogP contribution in [-0.4, -0.2) is 30.8 Å². The van der Waals surface area contributed by atoms with Crippen LogP contribution in [0.5, 0.6) is 0 Å². The van der Waals surface area contributed by atoms with E-state index in [0.717, 1.165) is 16.8 Å². The standard InChI is InChI=1S/C19H18N6O2/c1-11-18(12(2)25(24-11)7-5-17(26)27)16-8-14(13-4-3-6-22-10-13)15(9-20)19(21)23-16/h3-4,6,8,10H,5,7H2,1-2H3,(H2,21,23)(H,26,27). The van der Waals surface area contributed by atoms with Gasteiger partial charge in [-0.2, -0.15) is 10.4 Å². The second-order valence-electron chi connectivity index (χ2n) is 6.08. The summed E-state index contributed by atoms with van der Waals surface area (Å²) >= 11 is 0. The minimum absolute atomic E-state index is 0.0225. The van der Waals surface area contributed by atoms with Crippen molar-refractivity contribution < 1.29 is 9.90 Å². The van der Waals surface area contributed by atoms with Crippen molar-refractivity contribution in [3.8, 4) is 28.5 Å². The van der Waals surface area contributed by atoms with E-state index in [1.165, 1.54) is 0 Å². The number of aromatic nitrogens is 4. The molecular weight excluding hydrogens is 344 g/mol. The van der Waals surface area contributed by atoms with E-state index in [0.29, 0.717) is 22.5 Å². The van der Waals surface area contributed by atoms with Crippen molar-refractivity contribution in [1.82, 2.24) is 19.7 Å². The maximum atomic E-state index is 10.9. The lowest BCUT2D eigenvalue weighted by Crippen LogP contribution is -2.07. The molecule has 3 rings (SSSR count). The van der Waals surface area contributed by atoms with Crippen LogP contribution in [0, 0.1) is 25.2 Å². The van der Waals surface area contributed by atoms with Gasteiger partial charge in [0.05, 0.1) is 24.4 Å². The molecular formula is C19H18N6O2. The number of pyridine rings is 2. The van der Waals surface area contributed by atoms with Crippen molar-refractivity contribution in [3.63, 3.8) is 0 Å². The summed E-state index contributed by atoms with van der Waals surface area (Å²) in [6.07, 6.45) is 3.29. The zero-order chi connectivity index (χ0) is 19.6. The van der Waals surface area contributed by atoms with Crippen LogP contribution in [-0.2, 0) is 11.3 Å². The van der Waals surface area contributed by atoms with Crippen molar-refractivity contribution in [2.24, 2.45) is 0 Å². The number of anilines is 1. The molecule has 3 aromatic heterocycles. The number of carboxylic acids is 1. The van der Waals surface area contributed by atoms with E-state index in [2.05, 4.69) is 21.1 Å². The van der Waals surface area contributed by atoms with Crippen LogP contribution in [0.15, 0.2) is 30.6 Å². The molecule has 0 aliphatic carbocycles. The molecule has 0 atom stereocenters. The third kappa shape index (κ3) is 3.48. The van der Waals surface area contributed by atoms with Gasteiger partial charge in [-0.15, -0.1) is 0 Å². The van der Waals surface area contributed by atoms with Gasteiger partial charge in [-0.3, -0.25) is 14.5 Å². The van der Waals surface area contributed by atoms with E-state index in [4.69, 9.17) is 10.8 Å². The molecule has 0 saturated carbocycles. The van der Waals surface area contributed by atoms with Gasteiger partial charge in [0.1, 0.15) is 17.5 Å². The Morgan fingerprint density at radius 2 is 2.19 bits per heavy atom. The number of hydrogen-bond acceptors (Lipinski definition) is 6. The highest BCUT2D eigenvalue weighted by Gasteiger charge is 2.19. The van der Waals surface area contributed by atoms with Gasteiger partial charge >= 0.3 is 5.97 Å². The minimum atomic E-state index is -0.885. The van der Waals surface area contributed by atoms with Gasteiger partial charge in [0, 0.05) is 34.8 Å². The molecule has 8 nitrogen and oxygen atoms in total. The Labute approximate surface area is 155 Å². The summed E-state index contributed by atoms with van der Waals surface area (Å²) in [5.41, 5.74) is 10.6. The van der Waals surface area contributed by atoms with Gasteiger partial charge < -0.3 is 10.8 Å². The van der Waals surface area contributed by atoms with E-state index in [1.54, 1.807) is 29.2 Å². The highest BCUT2D eigenvalue weighted by molar-refractivity contribution is 5.80. The molecule has 8 heteroatoms. The normalized spacial score (nSPS) is 10.6. The van der Waals surface area contributed by atoms with Crippen molar-refractivity contribution in [3.05, 3.63) is 47.5 Å². The van der Waals surface area contributed by atoms with Crippen molar-refractivity contribution in [2.75, 3.05) is 5.73 Å². The smallest absolute Gasteiger partial charge is 0.305 e. The van der Waals surface area contributed by atoms with Crippen molar-refractivity contribution >= 4 is 11.8 Å². The van der Waals surface area contributed by atoms with Crippen LogP contribution in [0.25, 0.3) is 22.4 Å². The van der Waals surface area contributed by atoms with E-state index >= 15 is 0 Å². The SMILES string of the molecule is Cc1nn(CCC(=O)O)c(C)c1-c1cc(-c2cccnc2)c(C#N)c(N)n1. The molecule has 27 heavy (non-hydrogen) atoms. The molecule has 3 N–H and O–H groups in total. The molecule has 0 bridgehead atoms. The van der Waals surface area contributed by atoms with Crippen LogP contribution >= 0.6 is 0 Å². The second kappa shape index (κ2) is 7.25. The molecule has 0 amide bonds. The highest BCUT2D eigenvalue weighted by atomic mass is 16.4. The van der Waals surface area contributed by atoms with Gasteiger partial charge in [0.25, 0.3) is 0 Å². The zero-order valence-electron chi connectivity index (χ0n) is 15.0. The topological polar surface area (TPSA) is 131 Å². The van der Waals surface area contributed by atoms with Crippen LogP contribution in [0.4, 0.5) is 5.82 Å². The maximum absolute atomic E-state index is 10.9. The molecule has 0 aliphatic rings. The van der Waals surface area contributed by atoms with E-state index in [-0.39, 0.29) is 18.8 Å². The number of nitrogens with zero attached hydrogens (tertiary/aromatic N) is 5. The Morgan fingerprint density at radius 3 is 2.81 bits per heavy atom. The maximum Gasteiger partial charge on any atom is 0.305 e. The van der Waals surface area contributed by atoms with Gasteiger partial charge in [0.2, 0.25) is 0 Å². The number of nitrogen functional groups attached to an aromatic ring is 1. The number of nitriles is 1. The lowest BCUT2D eigenvalue weighted by Gasteiger charge is -2.10. The molecule has 0 spiro atoms. The third-order valence-corrected chi connectivity index (χ3v) is 4.31. The molecule has 0 saturated heterocycles. The molecule has 3 heterocycles. The molecule has 0 aromatic carbocycles. The average Bonchev–Trinajstić information content (AvgIpc) is 2.93. The summed E-state index contributed by atoms with van der Waals surface area (Å²) in [4.78, 5) is 19.4. The third-order valence-electron chi connectivity index (χ3n) is 4.31. The molecule has 0 fully saturated rings. The van der Waals surface area contributed by atoms with Crippen LogP contribution in [0.2, 0.25) is 0 Å². The van der Waals surface area contributed by atoms with E-state index in [1.807, 2.05) is 19.9 Å². The van der Waals surface area contributed by atoms with Crippen molar-refractivity contribution in [1.29, 1.82) is 5.26 Å². The number of carbonyl (C=O) groups is 1. The van der Waals surface area contributed by atoms with Crippen LogP contribution in [0.1, 0.15) is 23.4 Å². The molecule has 0 unspecified atom stereocenters. The first-order chi connectivity index (χ1) is 12.9. The molecule has 0 radical (unpaired) electrons. The van der Waals surface area contributed by atoms with Gasteiger partial charge in [0.15, 0.2) is 0 Å². The number of hydrogen-bond donors (Lipinski definition) is 2. The molecule has 136 valence electrons. The highest BCUT2D eigenvalue weighted by Crippen LogP contribution is 2.33. The second-order valence-corrected chi connectivity index (χ2v) is 6.08. The van der Waals surface area contributed by atoms with Crippen LogP contribution in [0.3, 0.4) is 0 Å². The largest absolute Gasteiger partial charge is 0.481 e. The Bertz CT molecular complexity index is 1050. The van der Waals surface area contributed by atoms with Crippen molar-refractivity contribution in [2.45, 2.75) is 26.8 Å². The molecule has 0 aliphatic heterocycles. The fourth-order valence-corrected chi connectivity index (χ4v) is 3.05. The lowest BCUT2D eigenvalue weighted by atomic mass is 9.99. The van der Waals surface area contributed by atoms with Gasteiger partial charge in [-0.1, -0.05) is 6.07 Å². The predicted octanol–water partition coefficient (Wildman–Crippen LogP) is 2.55. The Hall–Kier alpha value is -3.73. The summed E-state index contributed by atoms with van der Waals surface area (Å²) in [5, 5.41) is 22.8. The Kier molecular flexibility index (Phi) is 4.86. The summed E-state index contributed by atoms with van der Waals surface area (Å²) in [6, 6.07) is 7.54. The van der Waals surface area contributed by atoms with Gasteiger partial charge in [-0.25, -0.2) is 4.98 Å². The lowest BCUT2D eigenvalue weighted by molar-refractivity contribution is -0.137. The average molecular weight is 362 g/mol. The Morgan fingerprint density at radius 1 is 1.41 bits per heavy atom. The predicted molar refractivity (Wildman–Crippen MR) is 99.5 cm³/mol. The van der Waals surface area contributed by atoms with E-state index < -0.39 is 5.97 Å². The first-order valence-corrected chi connectivity index (χ1v) is 8.29. The number of carboxylic acid groups (broad SMARTS) is 1. The number of aliphatic carboxylic acids is 1. The number of nitrogens with two attached hydrogens (primary N) is 1. The Balaban J connectivity index is 2.15. The number of rotatable bonds is 5. The first kappa shape index (κ1) is 18.1.